The lowest BCUT2D eigenvalue weighted by Gasteiger charge is -2.13. The second-order valence-corrected chi connectivity index (χ2v) is 4.08. The Morgan fingerprint density at radius 3 is 2.74 bits per heavy atom. The van der Waals surface area contributed by atoms with Crippen LogP contribution in [0, 0.1) is 0 Å². The van der Waals surface area contributed by atoms with Crippen LogP contribution in [0.4, 0.5) is 5.69 Å². The van der Waals surface area contributed by atoms with Gasteiger partial charge in [0.1, 0.15) is 0 Å². The molecule has 0 radical (unpaired) electrons. The molecule has 1 heterocycles. The van der Waals surface area contributed by atoms with E-state index in [1.807, 2.05) is 0 Å². The van der Waals surface area contributed by atoms with Gasteiger partial charge in [-0.15, -0.1) is 0 Å². The van der Waals surface area contributed by atoms with Crippen LogP contribution in [-0.2, 0) is 27.3 Å². The Kier molecular flexibility index (Phi) is 3.43. The van der Waals surface area contributed by atoms with E-state index in [4.69, 9.17) is 10.8 Å². The van der Waals surface area contributed by atoms with Crippen LogP contribution >= 0.6 is 0 Å². The average Bonchev–Trinajstić information content (AvgIpc) is 2.70. The predicted octanol–water partition coefficient (Wildman–Crippen LogP) is 0.202. The minimum atomic E-state index is -1.24. The van der Waals surface area contributed by atoms with Crippen LogP contribution in [0.5, 0.6) is 0 Å². The molecule has 3 N–H and O–H groups in total. The zero-order valence-electron chi connectivity index (χ0n) is 10.00. The molecule has 6 nitrogen and oxygen atoms in total. The highest BCUT2D eigenvalue weighted by Crippen LogP contribution is 2.29. The molecular weight excluding hydrogens is 248 g/mol. The predicted molar refractivity (Wildman–Crippen MR) is 67.3 cm³/mol. The number of carboxylic acids is 1. The highest BCUT2D eigenvalue weighted by Gasteiger charge is 2.31. The fourth-order valence-corrected chi connectivity index (χ4v) is 1.96. The maximum Gasteiger partial charge on any atom is 0.328 e. The van der Waals surface area contributed by atoms with E-state index < -0.39 is 11.9 Å². The van der Waals surface area contributed by atoms with E-state index in [2.05, 4.69) is 0 Å². The standard InChI is InChI=1S/C13H12N2O4/c14-7-8-1-2-10-9(5-8)6-12(17)15(10)11(16)3-4-13(18)19/h1-5H,6-7,14H2,(H,18,19)/b4-3+. The lowest BCUT2D eigenvalue weighted by atomic mass is 10.1. The van der Waals surface area contributed by atoms with E-state index in [9.17, 15) is 14.4 Å². The topological polar surface area (TPSA) is 101 Å². The summed E-state index contributed by atoms with van der Waals surface area (Å²) in [6, 6.07) is 5.16. The van der Waals surface area contributed by atoms with Crippen LogP contribution in [0.15, 0.2) is 30.4 Å². The molecule has 19 heavy (non-hydrogen) atoms. The molecule has 1 aliphatic heterocycles. The molecule has 0 aliphatic carbocycles. The van der Waals surface area contributed by atoms with E-state index >= 15 is 0 Å². The molecule has 0 saturated heterocycles. The third-order valence-electron chi connectivity index (χ3n) is 2.80. The summed E-state index contributed by atoms with van der Waals surface area (Å²) in [5.41, 5.74) is 7.60. The molecule has 98 valence electrons. The molecule has 0 aromatic heterocycles. The van der Waals surface area contributed by atoms with Crippen LogP contribution in [0.3, 0.4) is 0 Å². The van der Waals surface area contributed by atoms with Crippen LogP contribution in [0.25, 0.3) is 0 Å². The summed E-state index contributed by atoms with van der Waals surface area (Å²) >= 11 is 0. The van der Waals surface area contributed by atoms with Gasteiger partial charge in [-0.2, -0.15) is 0 Å². The van der Waals surface area contributed by atoms with Gasteiger partial charge < -0.3 is 10.8 Å². The van der Waals surface area contributed by atoms with Crippen LogP contribution in [0.2, 0.25) is 0 Å². The second kappa shape index (κ2) is 5.03. The minimum absolute atomic E-state index is 0.121. The molecule has 1 aromatic rings. The van der Waals surface area contributed by atoms with Crippen molar-refractivity contribution >= 4 is 23.5 Å². The number of hydrogen-bond donors (Lipinski definition) is 2. The Hall–Kier alpha value is -2.47. The number of amides is 2. The van der Waals surface area contributed by atoms with Crippen LogP contribution < -0.4 is 10.6 Å². The van der Waals surface area contributed by atoms with E-state index in [0.29, 0.717) is 18.3 Å². The Morgan fingerprint density at radius 1 is 1.37 bits per heavy atom. The third-order valence-corrected chi connectivity index (χ3v) is 2.80. The molecule has 2 rings (SSSR count). The first-order valence-corrected chi connectivity index (χ1v) is 5.62. The van der Waals surface area contributed by atoms with Crippen LogP contribution in [0.1, 0.15) is 11.1 Å². The maximum absolute atomic E-state index is 11.8. The van der Waals surface area contributed by atoms with Gasteiger partial charge in [-0.05, 0) is 17.2 Å². The molecule has 0 fully saturated rings. The number of hydrogen-bond acceptors (Lipinski definition) is 4. The van der Waals surface area contributed by atoms with Crippen molar-refractivity contribution in [1.29, 1.82) is 0 Å². The van der Waals surface area contributed by atoms with Gasteiger partial charge in [0, 0.05) is 18.7 Å². The molecule has 0 atom stereocenters. The molecule has 1 aliphatic rings. The summed E-state index contributed by atoms with van der Waals surface area (Å²) in [6.07, 6.45) is 1.70. The number of nitrogens with zero attached hydrogens (tertiary/aromatic N) is 1. The number of carboxylic acid groups (broad SMARTS) is 1. The first-order valence-electron chi connectivity index (χ1n) is 5.62. The van der Waals surface area contributed by atoms with Gasteiger partial charge in [-0.25, -0.2) is 9.69 Å². The van der Waals surface area contributed by atoms with Crippen molar-refractivity contribution in [3.8, 4) is 0 Å². The highest BCUT2D eigenvalue weighted by molar-refractivity contribution is 6.23. The number of fused-ring (bicyclic) bond motifs is 1. The van der Waals surface area contributed by atoms with Gasteiger partial charge in [-0.1, -0.05) is 12.1 Å². The van der Waals surface area contributed by atoms with Crippen molar-refractivity contribution in [3.63, 3.8) is 0 Å². The number of anilines is 1. The molecule has 0 saturated carbocycles. The van der Waals surface area contributed by atoms with Gasteiger partial charge in [0.05, 0.1) is 12.1 Å². The average molecular weight is 260 g/mol. The summed E-state index contributed by atoms with van der Waals surface area (Å²) < 4.78 is 0. The number of benzene rings is 1. The van der Waals surface area contributed by atoms with Crippen molar-refractivity contribution in [3.05, 3.63) is 41.5 Å². The largest absolute Gasteiger partial charge is 0.478 e. The first kappa shape index (κ1) is 13.0. The summed E-state index contributed by atoms with van der Waals surface area (Å²) in [5, 5.41) is 8.48. The van der Waals surface area contributed by atoms with Crippen molar-refractivity contribution < 1.29 is 19.5 Å². The summed E-state index contributed by atoms with van der Waals surface area (Å²) in [5.74, 6) is -2.27. The lowest BCUT2D eigenvalue weighted by molar-refractivity contribution is -0.132. The van der Waals surface area contributed by atoms with E-state index in [0.717, 1.165) is 22.1 Å². The van der Waals surface area contributed by atoms with Gasteiger partial charge in [0.2, 0.25) is 5.91 Å². The van der Waals surface area contributed by atoms with Gasteiger partial charge in [-0.3, -0.25) is 9.59 Å². The fraction of sp³-hybridized carbons (Fsp3) is 0.154. The minimum Gasteiger partial charge on any atom is -0.478 e. The molecule has 1 aromatic carbocycles. The zero-order chi connectivity index (χ0) is 14.0. The Balaban J connectivity index is 2.32. The monoisotopic (exact) mass is 260 g/mol. The van der Waals surface area contributed by atoms with Crippen molar-refractivity contribution in [2.45, 2.75) is 13.0 Å². The second-order valence-electron chi connectivity index (χ2n) is 4.08. The van der Waals surface area contributed by atoms with E-state index in [1.54, 1.807) is 18.2 Å². The number of nitrogens with two attached hydrogens (primary N) is 1. The molecule has 0 bridgehead atoms. The molecule has 0 spiro atoms. The molecule has 2 amide bonds. The number of carbonyl (C=O) groups excluding carboxylic acids is 2. The van der Waals surface area contributed by atoms with Gasteiger partial charge in [0.25, 0.3) is 5.91 Å². The summed E-state index contributed by atoms with van der Waals surface area (Å²) in [7, 11) is 0. The van der Waals surface area contributed by atoms with Crippen LogP contribution in [-0.4, -0.2) is 22.9 Å². The fourth-order valence-electron chi connectivity index (χ4n) is 1.96. The van der Waals surface area contributed by atoms with Gasteiger partial charge in [0.15, 0.2) is 0 Å². The Bertz CT molecular complexity index is 592. The zero-order valence-corrected chi connectivity index (χ0v) is 10.00. The number of imide groups is 1. The smallest absolute Gasteiger partial charge is 0.328 e. The van der Waals surface area contributed by atoms with Crippen molar-refractivity contribution in [1.82, 2.24) is 0 Å². The maximum atomic E-state index is 11.8. The number of aliphatic carboxylic acids is 1. The highest BCUT2D eigenvalue weighted by atomic mass is 16.4. The summed E-state index contributed by atoms with van der Waals surface area (Å²) in [6.45, 7) is 0.355. The van der Waals surface area contributed by atoms with Gasteiger partial charge >= 0.3 is 5.97 Å². The third kappa shape index (κ3) is 2.53. The normalized spacial score (nSPS) is 13.9. The lowest BCUT2D eigenvalue weighted by Crippen LogP contribution is -2.32. The van der Waals surface area contributed by atoms with E-state index in [1.165, 1.54) is 0 Å². The summed E-state index contributed by atoms with van der Waals surface area (Å²) in [4.78, 5) is 35.0. The van der Waals surface area contributed by atoms with Crippen molar-refractivity contribution in [2.75, 3.05) is 4.90 Å². The molecule has 6 heteroatoms. The SMILES string of the molecule is NCc1ccc2c(c1)CC(=O)N2C(=O)/C=C/C(=O)O. The quantitative estimate of drug-likeness (QED) is 0.756. The number of rotatable bonds is 3. The molecule has 0 unspecified atom stereocenters. The first-order chi connectivity index (χ1) is 9.02. The van der Waals surface area contributed by atoms with E-state index in [-0.39, 0.29) is 12.3 Å². The molecular formula is C13H12N2O4. The Labute approximate surface area is 109 Å². The Morgan fingerprint density at radius 2 is 2.11 bits per heavy atom. The van der Waals surface area contributed by atoms with Crippen molar-refractivity contribution in [2.24, 2.45) is 5.73 Å². The number of carbonyl (C=O) groups is 3.